The van der Waals surface area contributed by atoms with Gasteiger partial charge in [0, 0.05) is 6.61 Å². The molecule has 0 aromatic heterocycles. The van der Waals surface area contributed by atoms with Crippen molar-refractivity contribution in [2.75, 3.05) is 19.8 Å². The minimum absolute atomic E-state index is 0.195. The lowest BCUT2D eigenvalue weighted by Crippen LogP contribution is -2.24. The summed E-state index contributed by atoms with van der Waals surface area (Å²) in [7, 11) is 0. The molecule has 0 heterocycles. The van der Waals surface area contributed by atoms with Gasteiger partial charge in [0.2, 0.25) is 0 Å². The third kappa shape index (κ3) is 7.88. The fraction of sp³-hybridized carbons (Fsp3) is 0.500. The lowest BCUT2D eigenvalue weighted by molar-refractivity contribution is -0.188. The molecule has 0 aliphatic rings. The summed E-state index contributed by atoms with van der Waals surface area (Å²) in [6.07, 6.45) is -0.793. The molecule has 0 aliphatic carbocycles. The van der Waals surface area contributed by atoms with Crippen LogP contribution in [0.4, 0.5) is 13.2 Å². The highest BCUT2D eigenvalue weighted by molar-refractivity contribution is 5.82. The molecule has 0 radical (unpaired) electrons. The molecule has 0 spiro atoms. The van der Waals surface area contributed by atoms with Gasteiger partial charge >= 0.3 is 6.18 Å². The molecule has 2 aromatic carbocycles. The van der Waals surface area contributed by atoms with E-state index >= 15 is 0 Å². The number of fused-ring (bicyclic) bond motifs is 1. The second kappa shape index (κ2) is 9.78. The van der Waals surface area contributed by atoms with Crippen LogP contribution in [0.1, 0.15) is 31.7 Å². The number of benzene rings is 2. The summed E-state index contributed by atoms with van der Waals surface area (Å²) in [6.45, 7) is 1.12. The molecule has 0 amide bonds. The Kier molecular flexibility index (Phi) is 7.72. The van der Waals surface area contributed by atoms with Gasteiger partial charge in [-0.2, -0.15) is 13.2 Å². The van der Waals surface area contributed by atoms with Crippen molar-refractivity contribution in [1.82, 2.24) is 0 Å². The van der Waals surface area contributed by atoms with Crippen LogP contribution in [-0.4, -0.2) is 32.1 Å². The minimum atomic E-state index is -4.28. The summed E-state index contributed by atoms with van der Waals surface area (Å²) >= 11 is 0. The van der Waals surface area contributed by atoms with Crippen LogP contribution in [0.5, 0.6) is 0 Å². The Morgan fingerprint density at radius 2 is 1.72 bits per heavy atom. The number of alkyl halides is 3. The second-order valence-corrected chi connectivity index (χ2v) is 6.30. The topological polar surface area (TPSA) is 18.5 Å². The molecular weight excluding hydrogens is 329 g/mol. The summed E-state index contributed by atoms with van der Waals surface area (Å²) in [6, 6.07) is 14.9. The smallest absolute Gasteiger partial charge is 0.379 e. The molecule has 2 aromatic rings. The molecule has 5 heteroatoms. The molecular formula is C20H25F3O2. The Labute approximate surface area is 146 Å². The summed E-state index contributed by atoms with van der Waals surface area (Å²) in [5.41, 5.74) is 1.33. The van der Waals surface area contributed by atoms with E-state index in [0.717, 1.165) is 25.7 Å². The van der Waals surface area contributed by atoms with E-state index in [2.05, 4.69) is 35.1 Å². The van der Waals surface area contributed by atoms with Crippen molar-refractivity contribution in [2.45, 2.75) is 44.9 Å². The fourth-order valence-electron chi connectivity index (χ4n) is 2.64. The lowest BCUT2D eigenvalue weighted by Gasteiger charge is -2.14. The average molecular weight is 354 g/mol. The number of unbranched alkanes of at least 4 members (excludes halogenated alkanes) is 2. The molecule has 0 saturated heterocycles. The van der Waals surface area contributed by atoms with Crippen molar-refractivity contribution in [3.05, 3.63) is 48.0 Å². The molecule has 0 N–H and O–H groups in total. The molecule has 0 aliphatic heterocycles. The summed E-state index contributed by atoms with van der Waals surface area (Å²) in [5.74, 6) is 0. The normalized spacial score (nSPS) is 13.3. The number of hydrogen-bond acceptors (Lipinski definition) is 2. The Balaban J connectivity index is 1.54. The number of aryl methyl sites for hydroxylation is 1. The first-order chi connectivity index (χ1) is 11.9. The van der Waals surface area contributed by atoms with Crippen molar-refractivity contribution in [3.63, 3.8) is 0 Å². The molecule has 2 rings (SSSR count). The molecule has 138 valence electrons. The van der Waals surface area contributed by atoms with Crippen LogP contribution in [0.25, 0.3) is 10.8 Å². The average Bonchev–Trinajstić information content (AvgIpc) is 2.58. The predicted octanol–water partition coefficient (Wildman–Crippen LogP) is 5.54. The van der Waals surface area contributed by atoms with Gasteiger partial charge in [0.05, 0.1) is 12.7 Å². The fourth-order valence-corrected chi connectivity index (χ4v) is 2.64. The van der Waals surface area contributed by atoms with Gasteiger partial charge in [-0.25, -0.2) is 0 Å². The van der Waals surface area contributed by atoms with E-state index in [1.807, 2.05) is 12.1 Å². The highest BCUT2D eigenvalue weighted by atomic mass is 19.4. The number of halogens is 3. The van der Waals surface area contributed by atoms with Gasteiger partial charge in [-0.05, 0) is 42.5 Å². The molecule has 0 bridgehead atoms. The first-order valence-electron chi connectivity index (χ1n) is 8.68. The monoisotopic (exact) mass is 354 g/mol. The maximum absolute atomic E-state index is 12.0. The van der Waals surface area contributed by atoms with E-state index in [9.17, 15) is 13.2 Å². The minimum Gasteiger partial charge on any atom is -0.379 e. The molecule has 1 atom stereocenters. The van der Waals surface area contributed by atoms with Gasteiger partial charge in [-0.3, -0.25) is 0 Å². The Hall–Kier alpha value is -1.59. The Morgan fingerprint density at radius 1 is 0.960 bits per heavy atom. The van der Waals surface area contributed by atoms with Crippen molar-refractivity contribution in [3.8, 4) is 0 Å². The summed E-state index contributed by atoms with van der Waals surface area (Å²) in [5, 5.41) is 2.51. The van der Waals surface area contributed by atoms with Crippen molar-refractivity contribution in [2.24, 2.45) is 0 Å². The maximum atomic E-state index is 12.0. The third-order valence-electron chi connectivity index (χ3n) is 3.95. The first kappa shape index (κ1) is 19.7. The standard InChI is InChI=1S/C20H25F3O2/c1-16(25-15-20(21,22)23)14-24-12-6-2-3-7-17-10-11-18-8-4-5-9-19(18)13-17/h4-5,8-11,13,16H,2-3,6-7,12,14-15H2,1H3/t16-/m0/s1. The highest BCUT2D eigenvalue weighted by Gasteiger charge is 2.28. The van der Waals surface area contributed by atoms with Gasteiger partial charge in [0.1, 0.15) is 6.61 Å². The third-order valence-corrected chi connectivity index (χ3v) is 3.95. The van der Waals surface area contributed by atoms with Crippen LogP contribution in [0.2, 0.25) is 0 Å². The second-order valence-electron chi connectivity index (χ2n) is 6.30. The number of hydrogen-bond donors (Lipinski definition) is 0. The zero-order valence-corrected chi connectivity index (χ0v) is 14.5. The van der Waals surface area contributed by atoms with Gasteiger partial charge in [0.15, 0.2) is 0 Å². The van der Waals surface area contributed by atoms with Crippen LogP contribution < -0.4 is 0 Å². The Bertz CT molecular complexity index is 640. The zero-order valence-electron chi connectivity index (χ0n) is 14.5. The van der Waals surface area contributed by atoms with Crippen LogP contribution >= 0.6 is 0 Å². The van der Waals surface area contributed by atoms with Gasteiger partial charge in [-0.1, -0.05) is 48.9 Å². The molecule has 0 fully saturated rings. The molecule has 0 saturated carbocycles. The van der Waals surface area contributed by atoms with E-state index in [4.69, 9.17) is 4.74 Å². The van der Waals surface area contributed by atoms with Crippen molar-refractivity contribution >= 4 is 10.8 Å². The molecule has 25 heavy (non-hydrogen) atoms. The SMILES string of the molecule is C[C@@H](COCCCCCc1ccc2ccccc2c1)OCC(F)(F)F. The number of ether oxygens (including phenoxy) is 2. The van der Waals surface area contributed by atoms with Gasteiger partial charge in [0.25, 0.3) is 0 Å². The maximum Gasteiger partial charge on any atom is 0.411 e. The van der Waals surface area contributed by atoms with Crippen LogP contribution in [0, 0.1) is 0 Å². The molecule has 0 unspecified atom stereocenters. The van der Waals surface area contributed by atoms with Crippen LogP contribution in [0.3, 0.4) is 0 Å². The van der Waals surface area contributed by atoms with E-state index < -0.39 is 18.9 Å². The highest BCUT2D eigenvalue weighted by Crippen LogP contribution is 2.17. The lowest BCUT2D eigenvalue weighted by atomic mass is 10.0. The summed E-state index contributed by atoms with van der Waals surface area (Å²) < 4.78 is 46.1. The van der Waals surface area contributed by atoms with E-state index in [-0.39, 0.29) is 6.61 Å². The zero-order chi connectivity index (χ0) is 18.1. The quantitative estimate of drug-likeness (QED) is 0.522. The first-order valence-corrected chi connectivity index (χ1v) is 8.68. The van der Waals surface area contributed by atoms with Crippen LogP contribution in [0.15, 0.2) is 42.5 Å². The largest absolute Gasteiger partial charge is 0.411 e. The van der Waals surface area contributed by atoms with Crippen LogP contribution in [-0.2, 0) is 15.9 Å². The predicted molar refractivity (Wildman–Crippen MR) is 93.8 cm³/mol. The summed E-state index contributed by atoms with van der Waals surface area (Å²) in [4.78, 5) is 0. The van der Waals surface area contributed by atoms with Gasteiger partial charge < -0.3 is 9.47 Å². The van der Waals surface area contributed by atoms with E-state index in [1.165, 1.54) is 16.3 Å². The van der Waals surface area contributed by atoms with Crippen molar-refractivity contribution < 1.29 is 22.6 Å². The molecule has 2 nitrogen and oxygen atoms in total. The van der Waals surface area contributed by atoms with E-state index in [0.29, 0.717) is 6.61 Å². The van der Waals surface area contributed by atoms with Crippen molar-refractivity contribution in [1.29, 1.82) is 0 Å². The van der Waals surface area contributed by atoms with Gasteiger partial charge in [-0.15, -0.1) is 0 Å². The number of rotatable bonds is 10. The Morgan fingerprint density at radius 3 is 2.48 bits per heavy atom. The van der Waals surface area contributed by atoms with E-state index in [1.54, 1.807) is 6.92 Å².